The number of carboxylic acid groups (broad SMARTS) is 1. The lowest BCUT2D eigenvalue weighted by molar-refractivity contribution is -0.144. The molecule has 1 unspecified atom stereocenters. The predicted octanol–water partition coefficient (Wildman–Crippen LogP) is 2.46. The maximum Gasteiger partial charge on any atom is 0.329 e. The molecule has 0 bridgehead atoms. The first-order valence-corrected chi connectivity index (χ1v) is 7.70. The number of carboxylic acids is 1. The van der Waals surface area contributed by atoms with Crippen molar-refractivity contribution in [2.45, 2.75) is 45.2 Å². The fourth-order valence-corrected chi connectivity index (χ4v) is 3.35. The molecule has 0 aliphatic carbocycles. The highest BCUT2D eigenvalue weighted by molar-refractivity contribution is 7.10. The van der Waals surface area contributed by atoms with Gasteiger partial charge in [0.2, 0.25) is 0 Å². The number of fused-ring (bicyclic) bond motifs is 1. The first-order valence-electron chi connectivity index (χ1n) is 6.82. The fourth-order valence-electron chi connectivity index (χ4n) is 2.46. The van der Waals surface area contributed by atoms with Crippen LogP contribution in [0.4, 0.5) is 4.79 Å². The van der Waals surface area contributed by atoms with Gasteiger partial charge in [-0.05, 0) is 36.8 Å². The summed E-state index contributed by atoms with van der Waals surface area (Å²) in [6.45, 7) is 4.68. The minimum Gasteiger partial charge on any atom is -0.480 e. The van der Waals surface area contributed by atoms with Crippen LogP contribution in [0.1, 0.15) is 37.1 Å². The molecule has 0 radical (unpaired) electrons. The number of rotatable bonds is 4. The molecule has 2 N–H and O–H groups in total. The average Bonchev–Trinajstić information content (AvgIpc) is 2.85. The number of thiophene rings is 1. The van der Waals surface area contributed by atoms with E-state index in [1.807, 2.05) is 18.4 Å². The monoisotopic (exact) mass is 296 g/mol. The van der Waals surface area contributed by atoms with Gasteiger partial charge in [0.1, 0.15) is 5.54 Å². The third-order valence-electron chi connectivity index (χ3n) is 3.70. The minimum atomic E-state index is -1.19. The van der Waals surface area contributed by atoms with Gasteiger partial charge in [0.15, 0.2) is 0 Å². The van der Waals surface area contributed by atoms with Gasteiger partial charge in [-0.2, -0.15) is 0 Å². The molecule has 2 amide bonds. The van der Waals surface area contributed by atoms with Gasteiger partial charge >= 0.3 is 12.0 Å². The Labute approximate surface area is 122 Å². The van der Waals surface area contributed by atoms with E-state index in [4.69, 9.17) is 0 Å². The summed E-state index contributed by atoms with van der Waals surface area (Å²) < 4.78 is 0. The van der Waals surface area contributed by atoms with E-state index in [0.29, 0.717) is 25.9 Å². The lowest BCUT2D eigenvalue weighted by Crippen LogP contribution is -2.56. The van der Waals surface area contributed by atoms with Crippen LogP contribution in [0.3, 0.4) is 0 Å². The second kappa shape index (κ2) is 5.83. The molecule has 0 fully saturated rings. The average molecular weight is 296 g/mol. The number of carbonyl (C=O) groups excluding carboxylic acids is 1. The zero-order valence-corrected chi connectivity index (χ0v) is 12.6. The highest BCUT2D eigenvalue weighted by Gasteiger charge is 2.35. The van der Waals surface area contributed by atoms with Crippen LogP contribution in [0.2, 0.25) is 0 Å². The molecule has 1 aromatic rings. The van der Waals surface area contributed by atoms with E-state index in [-0.39, 0.29) is 6.03 Å². The minimum absolute atomic E-state index is 0.291. The molecule has 0 saturated heterocycles. The van der Waals surface area contributed by atoms with E-state index in [1.165, 1.54) is 10.4 Å². The van der Waals surface area contributed by atoms with Gasteiger partial charge in [-0.15, -0.1) is 11.3 Å². The Morgan fingerprint density at radius 3 is 2.95 bits per heavy atom. The van der Waals surface area contributed by atoms with E-state index in [0.717, 1.165) is 6.42 Å². The second-order valence-electron chi connectivity index (χ2n) is 5.36. The van der Waals surface area contributed by atoms with Crippen LogP contribution < -0.4 is 5.32 Å². The maximum absolute atomic E-state index is 12.3. The molecule has 2 heterocycles. The molecule has 1 atom stereocenters. The smallest absolute Gasteiger partial charge is 0.329 e. The number of aliphatic carboxylic acids is 1. The number of urea groups is 1. The molecule has 20 heavy (non-hydrogen) atoms. The normalized spacial score (nSPS) is 17.2. The SMILES string of the molecule is CCCC(C)(NC(=O)N1CCc2sccc2C1)C(=O)O. The van der Waals surface area contributed by atoms with Crippen LogP contribution in [-0.2, 0) is 17.8 Å². The molecule has 110 valence electrons. The summed E-state index contributed by atoms with van der Waals surface area (Å²) in [4.78, 5) is 26.6. The second-order valence-corrected chi connectivity index (χ2v) is 6.36. The van der Waals surface area contributed by atoms with Crippen LogP contribution >= 0.6 is 11.3 Å². The first-order chi connectivity index (χ1) is 9.46. The zero-order chi connectivity index (χ0) is 14.8. The molecule has 0 saturated carbocycles. The first kappa shape index (κ1) is 14.8. The van der Waals surface area contributed by atoms with E-state index < -0.39 is 11.5 Å². The van der Waals surface area contributed by atoms with Crippen molar-refractivity contribution >= 4 is 23.3 Å². The summed E-state index contributed by atoms with van der Waals surface area (Å²) in [7, 11) is 0. The summed E-state index contributed by atoms with van der Waals surface area (Å²) in [5.74, 6) is -0.985. The maximum atomic E-state index is 12.3. The van der Waals surface area contributed by atoms with Crippen molar-refractivity contribution in [3.8, 4) is 0 Å². The van der Waals surface area contributed by atoms with E-state index in [2.05, 4.69) is 5.32 Å². The molecule has 0 spiro atoms. The standard InChI is InChI=1S/C14H20N2O3S/c1-3-6-14(2,12(17)18)15-13(19)16-7-4-11-10(9-16)5-8-20-11/h5,8H,3-4,6-7,9H2,1-2H3,(H,15,19)(H,17,18). The van der Waals surface area contributed by atoms with E-state index in [9.17, 15) is 14.7 Å². The summed E-state index contributed by atoms with van der Waals surface area (Å²) in [5.41, 5.74) is -0.0234. The molecular weight excluding hydrogens is 276 g/mol. The number of amides is 2. The van der Waals surface area contributed by atoms with Crippen molar-refractivity contribution in [1.29, 1.82) is 0 Å². The van der Waals surface area contributed by atoms with Crippen molar-refractivity contribution in [3.63, 3.8) is 0 Å². The molecule has 1 aromatic heterocycles. The Morgan fingerprint density at radius 1 is 1.55 bits per heavy atom. The lowest BCUT2D eigenvalue weighted by Gasteiger charge is -2.32. The van der Waals surface area contributed by atoms with Gasteiger partial charge < -0.3 is 15.3 Å². The van der Waals surface area contributed by atoms with Crippen molar-refractivity contribution in [3.05, 3.63) is 21.9 Å². The van der Waals surface area contributed by atoms with Crippen molar-refractivity contribution in [2.75, 3.05) is 6.54 Å². The summed E-state index contributed by atoms with van der Waals surface area (Å²) >= 11 is 1.71. The van der Waals surface area contributed by atoms with Crippen LogP contribution in [0.15, 0.2) is 11.4 Å². The van der Waals surface area contributed by atoms with Crippen LogP contribution in [0.25, 0.3) is 0 Å². The third kappa shape index (κ3) is 2.95. The third-order valence-corrected chi connectivity index (χ3v) is 4.72. The van der Waals surface area contributed by atoms with Crippen molar-refractivity contribution in [1.82, 2.24) is 10.2 Å². The number of hydrogen-bond acceptors (Lipinski definition) is 3. The molecule has 1 aliphatic rings. The van der Waals surface area contributed by atoms with Gasteiger partial charge in [0.05, 0.1) is 0 Å². The molecular formula is C14H20N2O3S. The predicted molar refractivity (Wildman–Crippen MR) is 77.9 cm³/mol. The molecule has 6 heteroatoms. The van der Waals surface area contributed by atoms with Crippen LogP contribution in [0.5, 0.6) is 0 Å². The Morgan fingerprint density at radius 2 is 2.30 bits per heavy atom. The van der Waals surface area contributed by atoms with Gasteiger partial charge in [0, 0.05) is 18.0 Å². The Balaban J connectivity index is 2.03. The highest BCUT2D eigenvalue weighted by atomic mass is 32.1. The Hall–Kier alpha value is -1.56. The topological polar surface area (TPSA) is 69.6 Å². The van der Waals surface area contributed by atoms with Crippen LogP contribution in [0, 0.1) is 0 Å². The Bertz CT molecular complexity index is 514. The van der Waals surface area contributed by atoms with Gasteiger partial charge in [-0.25, -0.2) is 9.59 Å². The molecule has 5 nitrogen and oxygen atoms in total. The Kier molecular flexibility index (Phi) is 4.32. The summed E-state index contributed by atoms with van der Waals surface area (Å²) in [6, 6.07) is 1.74. The van der Waals surface area contributed by atoms with E-state index in [1.54, 1.807) is 23.2 Å². The van der Waals surface area contributed by atoms with Crippen LogP contribution in [-0.4, -0.2) is 34.1 Å². The zero-order valence-electron chi connectivity index (χ0n) is 11.8. The number of carbonyl (C=O) groups is 2. The van der Waals surface area contributed by atoms with Crippen molar-refractivity contribution < 1.29 is 14.7 Å². The molecule has 0 aromatic carbocycles. The fraction of sp³-hybridized carbons (Fsp3) is 0.571. The highest BCUT2D eigenvalue weighted by Crippen LogP contribution is 2.24. The number of nitrogens with zero attached hydrogens (tertiary/aromatic N) is 1. The largest absolute Gasteiger partial charge is 0.480 e. The summed E-state index contributed by atoms with van der Waals surface area (Å²) in [6.07, 6.45) is 1.97. The quantitative estimate of drug-likeness (QED) is 0.896. The summed E-state index contributed by atoms with van der Waals surface area (Å²) in [5, 5.41) is 14.0. The van der Waals surface area contributed by atoms with Crippen molar-refractivity contribution in [2.24, 2.45) is 0 Å². The number of hydrogen-bond donors (Lipinski definition) is 2. The number of nitrogens with one attached hydrogen (secondary N) is 1. The van der Waals surface area contributed by atoms with E-state index >= 15 is 0 Å². The van der Waals surface area contributed by atoms with Gasteiger partial charge in [-0.1, -0.05) is 13.3 Å². The molecule has 2 rings (SSSR count). The van der Waals surface area contributed by atoms with Gasteiger partial charge in [-0.3, -0.25) is 0 Å². The lowest BCUT2D eigenvalue weighted by atomic mass is 9.96. The van der Waals surface area contributed by atoms with Gasteiger partial charge in [0.25, 0.3) is 0 Å². The molecule has 1 aliphatic heterocycles.